The van der Waals surface area contributed by atoms with Gasteiger partial charge < -0.3 is 4.74 Å². The van der Waals surface area contributed by atoms with Gasteiger partial charge >= 0.3 is 0 Å². The maximum absolute atomic E-state index is 5.76. The Morgan fingerprint density at radius 2 is 1.90 bits per heavy atom. The van der Waals surface area contributed by atoms with Crippen molar-refractivity contribution in [3.05, 3.63) is 0 Å². The first-order valence-electron chi connectivity index (χ1n) is 8.95. The quantitative estimate of drug-likeness (QED) is 0.483. The van der Waals surface area contributed by atoms with Gasteiger partial charge in [-0.2, -0.15) is 0 Å². The summed E-state index contributed by atoms with van der Waals surface area (Å²) in [6.45, 7) is 3.32. The fraction of sp³-hybridized carbons (Fsp3) is 1.00. The molecule has 2 aliphatic rings. The third-order valence-corrected chi connectivity index (χ3v) is 6.86. The summed E-state index contributed by atoms with van der Waals surface area (Å²) in [6, 6.07) is 0. The van der Waals surface area contributed by atoms with Crippen LogP contribution in [0.4, 0.5) is 0 Å². The molecule has 0 aromatic heterocycles. The van der Waals surface area contributed by atoms with Gasteiger partial charge in [0, 0.05) is 11.9 Å². The van der Waals surface area contributed by atoms with Crippen molar-refractivity contribution in [2.75, 3.05) is 11.9 Å². The molecule has 0 radical (unpaired) electrons. The van der Waals surface area contributed by atoms with Gasteiger partial charge in [-0.15, -0.1) is 0 Å². The first kappa shape index (κ1) is 16.8. The van der Waals surface area contributed by atoms with E-state index in [1.54, 1.807) is 0 Å². The molecule has 1 nitrogen and oxygen atoms in total. The van der Waals surface area contributed by atoms with E-state index in [0.29, 0.717) is 11.5 Å². The predicted molar refractivity (Wildman–Crippen MR) is 90.5 cm³/mol. The summed E-state index contributed by atoms with van der Waals surface area (Å²) in [4.78, 5) is 0. The Morgan fingerprint density at radius 3 is 2.50 bits per heavy atom. The van der Waals surface area contributed by atoms with E-state index in [4.69, 9.17) is 4.74 Å². The molecule has 0 aromatic rings. The zero-order chi connectivity index (χ0) is 14.3. The monoisotopic (exact) mass is 344 g/mol. The van der Waals surface area contributed by atoms with Gasteiger partial charge in [-0.1, -0.05) is 48.5 Å². The van der Waals surface area contributed by atoms with E-state index in [-0.39, 0.29) is 0 Å². The van der Waals surface area contributed by atoms with E-state index >= 15 is 0 Å². The molecule has 2 fully saturated rings. The lowest BCUT2D eigenvalue weighted by atomic mass is 9.68. The van der Waals surface area contributed by atoms with Crippen molar-refractivity contribution in [2.45, 2.75) is 90.1 Å². The van der Waals surface area contributed by atoms with Crippen molar-refractivity contribution in [1.82, 2.24) is 0 Å². The largest absolute Gasteiger partial charge is 0.378 e. The lowest BCUT2D eigenvalue weighted by molar-refractivity contribution is 0.0924. The van der Waals surface area contributed by atoms with Gasteiger partial charge in [0.1, 0.15) is 0 Å². The minimum absolute atomic E-state index is 0.586. The molecule has 0 bridgehead atoms. The molecule has 0 aromatic carbocycles. The summed E-state index contributed by atoms with van der Waals surface area (Å²) in [5, 5.41) is 1.21. The number of ether oxygens (including phenoxy) is 1. The summed E-state index contributed by atoms with van der Waals surface area (Å²) in [7, 11) is 0. The molecular weight excluding hydrogens is 312 g/mol. The molecule has 1 heterocycles. The normalized spacial score (nSPS) is 34.5. The number of hydrogen-bond donors (Lipinski definition) is 0. The average molecular weight is 345 g/mol. The van der Waals surface area contributed by atoms with E-state index in [1.807, 2.05) is 0 Å². The molecule has 2 rings (SSSR count). The Hall–Kier alpha value is 0.440. The molecule has 1 unspecified atom stereocenters. The fourth-order valence-corrected chi connectivity index (χ4v) is 4.94. The van der Waals surface area contributed by atoms with Gasteiger partial charge in [-0.05, 0) is 62.7 Å². The van der Waals surface area contributed by atoms with Crippen LogP contribution in [-0.2, 0) is 4.74 Å². The lowest BCUT2D eigenvalue weighted by Gasteiger charge is -2.39. The smallest absolute Gasteiger partial charge is 0.0576 e. The molecule has 0 N–H and O–H groups in total. The van der Waals surface area contributed by atoms with Crippen LogP contribution in [0.2, 0.25) is 0 Å². The summed E-state index contributed by atoms with van der Waals surface area (Å²) < 4.78 is 5.76. The van der Waals surface area contributed by atoms with Crippen molar-refractivity contribution in [1.29, 1.82) is 0 Å². The van der Waals surface area contributed by atoms with Crippen LogP contribution < -0.4 is 0 Å². The van der Waals surface area contributed by atoms with Crippen molar-refractivity contribution >= 4 is 15.9 Å². The minimum Gasteiger partial charge on any atom is -0.378 e. The number of rotatable bonds is 8. The lowest BCUT2D eigenvalue weighted by Crippen LogP contribution is -2.29. The molecule has 0 spiro atoms. The molecule has 1 aliphatic carbocycles. The SMILES string of the molecule is CCCCC1CCC(CBr)(CCCC2CCCO2)CC1. The van der Waals surface area contributed by atoms with Crippen molar-refractivity contribution < 1.29 is 4.74 Å². The van der Waals surface area contributed by atoms with E-state index in [0.717, 1.165) is 12.5 Å². The zero-order valence-electron chi connectivity index (χ0n) is 13.3. The highest BCUT2D eigenvalue weighted by molar-refractivity contribution is 9.09. The number of halogens is 1. The van der Waals surface area contributed by atoms with Crippen LogP contribution in [0.25, 0.3) is 0 Å². The Balaban J connectivity index is 1.67. The summed E-state index contributed by atoms with van der Waals surface area (Å²) >= 11 is 3.82. The highest BCUT2D eigenvalue weighted by Gasteiger charge is 2.34. The van der Waals surface area contributed by atoms with Crippen LogP contribution in [0.1, 0.15) is 84.0 Å². The van der Waals surface area contributed by atoms with Crippen molar-refractivity contribution in [2.24, 2.45) is 11.3 Å². The van der Waals surface area contributed by atoms with Gasteiger partial charge in [0.15, 0.2) is 0 Å². The van der Waals surface area contributed by atoms with Crippen LogP contribution in [0.5, 0.6) is 0 Å². The van der Waals surface area contributed by atoms with Crippen LogP contribution in [0, 0.1) is 11.3 Å². The third-order valence-electron chi connectivity index (χ3n) is 5.67. The Bertz CT molecular complexity index is 252. The van der Waals surface area contributed by atoms with E-state index in [2.05, 4.69) is 22.9 Å². The number of hydrogen-bond acceptors (Lipinski definition) is 1. The second-order valence-corrected chi connectivity index (χ2v) is 7.81. The molecule has 1 saturated carbocycles. The van der Waals surface area contributed by atoms with Gasteiger partial charge in [-0.25, -0.2) is 0 Å². The average Bonchev–Trinajstić information content (AvgIpc) is 3.00. The maximum atomic E-state index is 5.76. The van der Waals surface area contributed by atoms with Crippen molar-refractivity contribution in [3.63, 3.8) is 0 Å². The number of alkyl halides is 1. The first-order valence-corrected chi connectivity index (χ1v) is 10.1. The van der Waals surface area contributed by atoms with Gasteiger partial charge in [0.2, 0.25) is 0 Å². The van der Waals surface area contributed by atoms with Crippen LogP contribution >= 0.6 is 15.9 Å². The highest BCUT2D eigenvalue weighted by Crippen LogP contribution is 2.45. The van der Waals surface area contributed by atoms with Crippen LogP contribution in [0.3, 0.4) is 0 Å². The Labute approximate surface area is 134 Å². The fourth-order valence-electron chi connectivity index (χ4n) is 4.10. The topological polar surface area (TPSA) is 9.23 Å². The molecular formula is C18H33BrO. The van der Waals surface area contributed by atoms with E-state index in [1.165, 1.54) is 82.4 Å². The molecule has 1 aliphatic heterocycles. The number of unbranched alkanes of at least 4 members (excludes halogenated alkanes) is 1. The summed E-state index contributed by atoms with van der Waals surface area (Å²) in [6.07, 6.45) is 17.4. The Kier molecular flexibility index (Phi) is 7.38. The Morgan fingerprint density at radius 1 is 1.10 bits per heavy atom. The molecule has 20 heavy (non-hydrogen) atoms. The summed E-state index contributed by atoms with van der Waals surface area (Å²) in [5.74, 6) is 1.03. The van der Waals surface area contributed by atoms with Crippen LogP contribution in [0.15, 0.2) is 0 Å². The van der Waals surface area contributed by atoms with Gasteiger partial charge in [0.05, 0.1) is 6.10 Å². The molecule has 0 amide bonds. The predicted octanol–water partition coefficient (Wildman–Crippen LogP) is 6.10. The van der Waals surface area contributed by atoms with E-state index < -0.39 is 0 Å². The van der Waals surface area contributed by atoms with Gasteiger partial charge in [0.25, 0.3) is 0 Å². The second-order valence-electron chi connectivity index (χ2n) is 7.25. The molecule has 1 atom stereocenters. The minimum atomic E-state index is 0.586. The molecule has 118 valence electrons. The molecule has 2 heteroatoms. The van der Waals surface area contributed by atoms with Gasteiger partial charge in [-0.3, -0.25) is 0 Å². The molecule has 1 saturated heterocycles. The standard InChI is InChI=1S/C18H33BrO/c1-2-3-6-16-9-12-18(15-19,13-10-16)11-4-7-17-8-5-14-20-17/h16-17H,2-15H2,1H3. The van der Waals surface area contributed by atoms with E-state index in [9.17, 15) is 0 Å². The first-order chi connectivity index (χ1) is 9.78. The second kappa shape index (κ2) is 8.78. The van der Waals surface area contributed by atoms with Crippen molar-refractivity contribution in [3.8, 4) is 0 Å². The maximum Gasteiger partial charge on any atom is 0.0576 e. The zero-order valence-corrected chi connectivity index (χ0v) is 14.9. The van der Waals surface area contributed by atoms with Crippen LogP contribution in [-0.4, -0.2) is 18.0 Å². The third kappa shape index (κ3) is 5.02. The highest BCUT2D eigenvalue weighted by atomic mass is 79.9. The summed E-state index contributed by atoms with van der Waals surface area (Å²) in [5.41, 5.74) is 0.612.